The van der Waals surface area contributed by atoms with E-state index in [-0.39, 0.29) is 10.8 Å². The van der Waals surface area contributed by atoms with E-state index in [2.05, 4.69) is 77.9 Å². The Kier molecular flexibility index (Phi) is 3.01. The predicted molar refractivity (Wildman–Crippen MR) is 80.5 cm³/mol. The Morgan fingerprint density at radius 2 is 1.17 bits per heavy atom. The maximum absolute atomic E-state index is 2.29. The number of hydrogen-bond donors (Lipinski definition) is 0. The Morgan fingerprint density at radius 1 is 0.611 bits per heavy atom. The first-order valence-corrected chi connectivity index (χ1v) is 6.73. The molecule has 0 atom stereocenters. The summed E-state index contributed by atoms with van der Waals surface area (Å²) in [6.45, 7) is 13.6. The van der Waals surface area contributed by atoms with Crippen LogP contribution in [0.1, 0.15) is 52.7 Å². The molecule has 0 bridgehead atoms. The fourth-order valence-electron chi connectivity index (χ4n) is 2.40. The summed E-state index contributed by atoms with van der Waals surface area (Å²) < 4.78 is 0. The van der Waals surface area contributed by atoms with Crippen LogP contribution in [-0.2, 0) is 10.8 Å². The second kappa shape index (κ2) is 4.12. The van der Waals surface area contributed by atoms with Gasteiger partial charge in [-0.15, -0.1) is 0 Å². The SMILES string of the molecule is CC(C)(C)c1ccc2ccc(C(C)(C)C)c-2cc1. The largest absolute Gasteiger partial charge is 0.0579 e. The average Bonchev–Trinajstić information content (AvgIpc) is 2.48. The molecule has 0 saturated carbocycles. The molecule has 0 N–H and O–H groups in total. The zero-order valence-electron chi connectivity index (χ0n) is 12.5. The van der Waals surface area contributed by atoms with Crippen LogP contribution in [0.3, 0.4) is 0 Å². The topological polar surface area (TPSA) is 0 Å². The molecule has 0 saturated heterocycles. The van der Waals surface area contributed by atoms with Crippen molar-refractivity contribution in [3.8, 4) is 11.1 Å². The van der Waals surface area contributed by atoms with Gasteiger partial charge in [0, 0.05) is 0 Å². The van der Waals surface area contributed by atoms with E-state index in [1.165, 1.54) is 22.3 Å². The summed E-state index contributed by atoms with van der Waals surface area (Å²) in [6, 6.07) is 13.6. The normalized spacial score (nSPS) is 13.0. The Labute approximate surface area is 111 Å². The van der Waals surface area contributed by atoms with Crippen molar-refractivity contribution in [2.24, 2.45) is 0 Å². The molecule has 0 heteroatoms. The predicted octanol–water partition coefficient (Wildman–Crippen LogP) is 5.39. The summed E-state index contributed by atoms with van der Waals surface area (Å²) in [5.41, 5.74) is 5.97. The third kappa shape index (κ3) is 2.43. The van der Waals surface area contributed by atoms with Gasteiger partial charge in [-0.05, 0) is 33.1 Å². The molecule has 2 aliphatic carbocycles. The van der Waals surface area contributed by atoms with Crippen molar-refractivity contribution in [3.05, 3.63) is 47.5 Å². The second-order valence-corrected chi connectivity index (χ2v) is 7.24. The molecule has 18 heavy (non-hydrogen) atoms. The van der Waals surface area contributed by atoms with Crippen LogP contribution in [-0.4, -0.2) is 0 Å². The van der Waals surface area contributed by atoms with E-state index >= 15 is 0 Å². The molecule has 0 nitrogen and oxygen atoms in total. The van der Waals surface area contributed by atoms with Crippen LogP contribution in [0.25, 0.3) is 11.1 Å². The summed E-state index contributed by atoms with van der Waals surface area (Å²) >= 11 is 0. The summed E-state index contributed by atoms with van der Waals surface area (Å²) in [4.78, 5) is 0. The van der Waals surface area contributed by atoms with Crippen molar-refractivity contribution in [1.82, 2.24) is 0 Å². The highest BCUT2D eigenvalue weighted by molar-refractivity contribution is 5.72. The van der Waals surface area contributed by atoms with Gasteiger partial charge in [-0.3, -0.25) is 0 Å². The first kappa shape index (κ1) is 13.1. The van der Waals surface area contributed by atoms with Gasteiger partial charge in [-0.2, -0.15) is 0 Å². The van der Waals surface area contributed by atoms with Crippen molar-refractivity contribution < 1.29 is 0 Å². The van der Waals surface area contributed by atoms with Gasteiger partial charge < -0.3 is 0 Å². The van der Waals surface area contributed by atoms with Crippen molar-refractivity contribution in [1.29, 1.82) is 0 Å². The second-order valence-electron chi connectivity index (χ2n) is 7.24. The third-order valence-corrected chi connectivity index (χ3v) is 3.58. The first-order chi connectivity index (χ1) is 8.19. The molecule has 0 aliphatic heterocycles. The maximum Gasteiger partial charge on any atom is -0.0126 e. The summed E-state index contributed by atoms with van der Waals surface area (Å²) in [7, 11) is 0. The van der Waals surface area contributed by atoms with Crippen LogP contribution in [0.5, 0.6) is 0 Å². The van der Waals surface area contributed by atoms with E-state index in [1.54, 1.807) is 0 Å². The zero-order valence-corrected chi connectivity index (χ0v) is 12.5. The lowest BCUT2D eigenvalue weighted by atomic mass is 9.85. The molecule has 0 unspecified atom stereocenters. The standard InChI is InChI=1S/C18H24/c1-17(2,3)14-9-7-13-8-12-16(18(4,5)6)15(13)11-10-14/h7-12H,1-6H3. The van der Waals surface area contributed by atoms with E-state index in [4.69, 9.17) is 0 Å². The highest BCUT2D eigenvalue weighted by Gasteiger charge is 2.21. The fourth-order valence-corrected chi connectivity index (χ4v) is 2.40. The van der Waals surface area contributed by atoms with Crippen LogP contribution in [0.2, 0.25) is 0 Å². The molecule has 2 rings (SSSR count). The minimum Gasteiger partial charge on any atom is -0.0579 e. The molecule has 96 valence electrons. The zero-order chi connectivity index (χ0) is 13.6. The van der Waals surface area contributed by atoms with Crippen molar-refractivity contribution in [3.63, 3.8) is 0 Å². The number of hydrogen-bond acceptors (Lipinski definition) is 0. The van der Waals surface area contributed by atoms with E-state index in [1.807, 2.05) is 0 Å². The van der Waals surface area contributed by atoms with E-state index in [0.717, 1.165) is 0 Å². The molecular weight excluding hydrogens is 216 g/mol. The fraction of sp³-hybridized carbons (Fsp3) is 0.444. The van der Waals surface area contributed by atoms with Crippen molar-refractivity contribution >= 4 is 0 Å². The average molecular weight is 240 g/mol. The lowest BCUT2D eigenvalue weighted by molar-refractivity contribution is 0.590. The van der Waals surface area contributed by atoms with Gasteiger partial charge in [0.2, 0.25) is 0 Å². The molecule has 0 amide bonds. The quantitative estimate of drug-likeness (QED) is 0.579. The third-order valence-electron chi connectivity index (χ3n) is 3.58. The van der Waals surface area contributed by atoms with Crippen LogP contribution < -0.4 is 0 Å². The van der Waals surface area contributed by atoms with E-state index < -0.39 is 0 Å². The van der Waals surface area contributed by atoms with Gasteiger partial charge in [0.05, 0.1) is 0 Å². The van der Waals surface area contributed by atoms with Gasteiger partial charge in [0.15, 0.2) is 0 Å². The lowest BCUT2D eigenvalue weighted by Crippen LogP contribution is -2.10. The first-order valence-electron chi connectivity index (χ1n) is 6.73. The molecular formula is C18H24. The van der Waals surface area contributed by atoms with E-state index in [9.17, 15) is 0 Å². The maximum atomic E-state index is 2.29. The van der Waals surface area contributed by atoms with Crippen molar-refractivity contribution in [2.75, 3.05) is 0 Å². The van der Waals surface area contributed by atoms with E-state index in [0.29, 0.717) is 0 Å². The van der Waals surface area contributed by atoms with Gasteiger partial charge in [-0.25, -0.2) is 0 Å². The van der Waals surface area contributed by atoms with Gasteiger partial charge in [0.1, 0.15) is 0 Å². The molecule has 0 aromatic rings. The minimum atomic E-state index is 0.206. The Balaban J connectivity index is 2.61. The highest BCUT2D eigenvalue weighted by Crippen LogP contribution is 2.36. The lowest BCUT2D eigenvalue weighted by Gasteiger charge is -2.19. The summed E-state index contributed by atoms with van der Waals surface area (Å²) in [6.07, 6.45) is 0. The Hall–Kier alpha value is -1.30. The molecule has 0 radical (unpaired) electrons. The van der Waals surface area contributed by atoms with Crippen LogP contribution >= 0.6 is 0 Å². The minimum absolute atomic E-state index is 0.206. The molecule has 0 spiro atoms. The van der Waals surface area contributed by atoms with Gasteiger partial charge in [0.25, 0.3) is 0 Å². The Morgan fingerprint density at radius 3 is 1.72 bits per heavy atom. The monoisotopic (exact) mass is 240 g/mol. The van der Waals surface area contributed by atoms with Gasteiger partial charge in [-0.1, -0.05) is 77.9 Å². The highest BCUT2D eigenvalue weighted by atomic mass is 14.2. The van der Waals surface area contributed by atoms with Crippen molar-refractivity contribution in [2.45, 2.75) is 52.4 Å². The summed E-state index contributed by atoms with van der Waals surface area (Å²) in [5.74, 6) is 0. The number of fused-ring (bicyclic) bond motifs is 1. The molecule has 0 fully saturated rings. The van der Waals surface area contributed by atoms with Crippen LogP contribution in [0.15, 0.2) is 36.4 Å². The van der Waals surface area contributed by atoms with Crippen LogP contribution in [0, 0.1) is 0 Å². The molecule has 0 heterocycles. The smallest absolute Gasteiger partial charge is 0.0126 e. The molecule has 0 aromatic heterocycles. The Bertz CT molecular complexity index is 521. The molecule has 2 aliphatic rings. The number of rotatable bonds is 0. The van der Waals surface area contributed by atoms with Gasteiger partial charge >= 0.3 is 0 Å². The van der Waals surface area contributed by atoms with Crippen LogP contribution in [0.4, 0.5) is 0 Å². The summed E-state index contributed by atoms with van der Waals surface area (Å²) in [5, 5.41) is 0. The molecule has 0 aromatic carbocycles.